The molecule has 0 radical (unpaired) electrons. The Morgan fingerprint density at radius 1 is 0.880 bits per heavy atom. The second-order valence-corrected chi connectivity index (χ2v) is 6.53. The van der Waals surface area contributed by atoms with Crippen molar-refractivity contribution in [3.05, 3.63) is 53.6 Å². The average Bonchev–Trinajstić information content (AvgIpc) is 3.35. The third-order valence-corrected chi connectivity index (χ3v) is 4.31. The van der Waals surface area contributed by atoms with Crippen LogP contribution in [0.15, 0.2) is 42.5 Å². The fourth-order valence-corrected chi connectivity index (χ4v) is 2.97. The molecule has 0 aliphatic heterocycles. The summed E-state index contributed by atoms with van der Waals surface area (Å²) in [5.74, 6) is -0.0205. The summed E-state index contributed by atoms with van der Waals surface area (Å²) in [6, 6.07) is 13.0. The van der Waals surface area contributed by atoms with Gasteiger partial charge < -0.3 is 15.4 Å². The Kier molecular flexibility index (Phi) is 4.74. The molecule has 3 rings (SSSR count). The van der Waals surface area contributed by atoms with Gasteiger partial charge in [-0.3, -0.25) is 9.59 Å². The number of methoxy groups -OCH3 is 1. The van der Waals surface area contributed by atoms with Crippen LogP contribution in [0, 0.1) is 25.7 Å². The molecule has 1 aliphatic carbocycles. The van der Waals surface area contributed by atoms with E-state index in [0.29, 0.717) is 12.1 Å². The van der Waals surface area contributed by atoms with Gasteiger partial charge in [-0.05, 0) is 67.8 Å². The number of benzene rings is 2. The molecular weight excluding hydrogens is 316 g/mol. The molecular formula is C20H22N2O3. The van der Waals surface area contributed by atoms with Crippen LogP contribution in [-0.4, -0.2) is 18.9 Å². The van der Waals surface area contributed by atoms with Crippen molar-refractivity contribution >= 4 is 23.2 Å². The molecule has 0 heterocycles. The summed E-state index contributed by atoms with van der Waals surface area (Å²) in [6.45, 7) is 3.98. The Bertz CT molecular complexity index is 779. The van der Waals surface area contributed by atoms with Crippen molar-refractivity contribution in [2.24, 2.45) is 11.8 Å². The molecule has 2 amide bonds. The van der Waals surface area contributed by atoms with Gasteiger partial charge in [0.1, 0.15) is 5.75 Å². The van der Waals surface area contributed by atoms with Gasteiger partial charge in [0.25, 0.3) is 0 Å². The Hall–Kier alpha value is -2.82. The molecule has 130 valence electrons. The van der Waals surface area contributed by atoms with E-state index in [1.54, 1.807) is 31.4 Å². The summed E-state index contributed by atoms with van der Waals surface area (Å²) in [4.78, 5) is 24.6. The van der Waals surface area contributed by atoms with Crippen LogP contribution in [-0.2, 0) is 9.59 Å². The number of rotatable bonds is 5. The summed E-state index contributed by atoms with van der Waals surface area (Å²) in [5.41, 5.74) is 3.68. The van der Waals surface area contributed by atoms with Crippen LogP contribution in [0.2, 0.25) is 0 Å². The molecule has 1 aliphatic rings. The van der Waals surface area contributed by atoms with Crippen LogP contribution in [0.25, 0.3) is 0 Å². The van der Waals surface area contributed by atoms with Gasteiger partial charge in [-0.1, -0.05) is 6.07 Å². The molecule has 2 aromatic rings. The van der Waals surface area contributed by atoms with Crippen molar-refractivity contribution in [3.8, 4) is 5.75 Å². The topological polar surface area (TPSA) is 67.4 Å². The minimum atomic E-state index is -0.270. The van der Waals surface area contributed by atoms with Gasteiger partial charge in [0, 0.05) is 11.4 Å². The number of anilines is 2. The highest BCUT2D eigenvalue weighted by Crippen LogP contribution is 2.40. The summed E-state index contributed by atoms with van der Waals surface area (Å²) >= 11 is 0. The van der Waals surface area contributed by atoms with Gasteiger partial charge in [-0.15, -0.1) is 0 Å². The third kappa shape index (κ3) is 4.18. The molecule has 1 saturated carbocycles. The molecule has 5 heteroatoms. The van der Waals surface area contributed by atoms with Crippen molar-refractivity contribution in [3.63, 3.8) is 0 Å². The first-order chi connectivity index (χ1) is 12.0. The fraction of sp³-hybridized carbons (Fsp3) is 0.300. The monoisotopic (exact) mass is 338 g/mol. The van der Waals surface area contributed by atoms with Crippen LogP contribution < -0.4 is 15.4 Å². The third-order valence-electron chi connectivity index (χ3n) is 4.31. The summed E-state index contributed by atoms with van der Waals surface area (Å²) in [7, 11) is 1.59. The first kappa shape index (κ1) is 17.0. The predicted octanol–water partition coefficient (Wildman–Crippen LogP) is 3.53. The quantitative estimate of drug-likeness (QED) is 0.876. The van der Waals surface area contributed by atoms with E-state index < -0.39 is 0 Å². The predicted molar refractivity (Wildman–Crippen MR) is 97.8 cm³/mol. The van der Waals surface area contributed by atoms with Crippen LogP contribution in [0.5, 0.6) is 5.75 Å². The molecule has 5 nitrogen and oxygen atoms in total. The highest BCUT2D eigenvalue weighted by Gasteiger charge is 2.48. The average molecular weight is 338 g/mol. The molecule has 2 aromatic carbocycles. The zero-order valence-corrected chi connectivity index (χ0v) is 14.6. The van der Waals surface area contributed by atoms with E-state index in [-0.39, 0.29) is 23.7 Å². The van der Waals surface area contributed by atoms with Crippen LogP contribution in [0.1, 0.15) is 17.5 Å². The van der Waals surface area contributed by atoms with Gasteiger partial charge in [-0.25, -0.2) is 0 Å². The number of nitrogens with one attached hydrogen (secondary N) is 2. The Morgan fingerprint density at radius 2 is 1.40 bits per heavy atom. The van der Waals surface area contributed by atoms with Gasteiger partial charge in [-0.2, -0.15) is 0 Å². The highest BCUT2D eigenvalue weighted by atomic mass is 16.5. The largest absolute Gasteiger partial charge is 0.497 e. The summed E-state index contributed by atoms with van der Waals surface area (Å²) < 4.78 is 5.09. The number of ether oxygens (including phenoxy) is 1. The molecule has 2 N–H and O–H groups in total. The number of carbonyl (C=O) groups is 2. The number of carbonyl (C=O) groups excluding carboxylic acids is 2. The second-order valence-electron chi connectivity index (χ2n) is 6.53. The first-order valence-corrected chi connectivity index (χ1v) is 8.30. The zero-order chi connectivity index (χ0) is 18.0. The van der Waals surface area contributed by atoms with Gasteiger partial charge in [0.2, 0.25) is 11.8 Å². The zero-order valence-electron chi connectivity index (χ0n) is 14.6. The first-order valence-electron chi connectivity index (χ1n) is 8.30. The maximum Gasteiger partial charge on any atom is 0.228 e. The lowest BCUT2D eigenvalue weighted by molar-refractivity contribution is -0.122. The molecule has 2 unspecified atom stereocenters. The van der Waals surface area contributed by atoms with Crippen LogP contribution in [0.3, 0.4) is 0 Å². The lowest BCUT2D eigenvalue weighted by Gasteiger charge is -2.08. The number of aryl methyl sites for hydroxylation is 2. The normalized spacial score (nSPS) is 18.4. The smallest absolute Gasteiger partial charge is 0.228 e. The van der Waals surface area contributed by atoms with E-state index in [1.165, 1.54) is 0 Å². The van der Waals surface area contributed by atoms with E-state index in [1.807, 2.05) is 26.0 Å². The summed E-state index contributed by atoms with van der Waals surface area (Å²) in [6.07, 6.45) is 0.582. The Labute approximate surface area is 147 Å². The van der Waals surface area contributed by atoms with Crippen molar-refractivity contribution in [1.29, 1.82) is 0 Å². The summed E-state index contributed by atoms with van der Waals surface area (Å²) in [5, 5.41) is 5.76. The van der Waals surface area contributed by atoms with E-state index in [9.17, 15) is 9.59 Å². The Balaban J connectivity index is 1.55. The molecule has 0 aromatic heterocycles. The maximum atomic E-state index is 12.3. The number of amides is 2. The SMILES string of the molecule is COc1ccc(NC(=O)C2CC2C(=O)Nc2cc(C)cc(C)c2)cc1. The van der Waals surface area contributed by atoms with Gasteiger partial charge >= 0.3 is 0 Å². The number of hydrogen-bond donors (Lipinski definition) is 2. The fourth-order valence-electron chi connectivity index (χ4n) is 2.97. The van der Waals surface area contributed by atoms with Crippen molar-refractivity contribution in [1.82, 2.24) is 0 Å². The van der Waals surface area contributed by atoms with Gasteiger partial charge in [0.15, 0.2) is 0 Å². The van der Waals surface area contributed by atoms with Crippen LogP contribution in [0.4, 0.5) is 11.4 Å². The number of hydrogen-bond acceptors (Lipinski definition) is 3. The highest BCUT2D eigenvalue weighted by molar-refractivity contribution is 6.03. The van der Waals surface area contributed by atoms with Gasteiger partial charge in [0.05, 0.1) is 18.9 Å². The maximum absolute atomic E-state index is 12.3. The van der Waals surface area contributed by atoms with Crippen molar-refractivity contribution in [2.45, 2.75) is 20.3 Å². The second kappa shape index (κ2) is 6.97. The van der Waals surface area contributed by atoms with E-state index in [4.69, 9.17) is 4.74 Å². The lowest BCUT2D eigenvalue weighted by Crippen LogP contribution is -2.20. The molecule has 0 spiro atoms. The van der Waals surface area contributed by atoms with Crippen molar-refractivity contribution < 1.29 is 14.3 Å². The molecule has 2 atom stereocenters. The molecule has 0 saturated heterocycles. The minimum Gasteiger partial charge on any atom is -0.497 e. The lowest BCUT2D eigenvalue weighted by atomic mass is 10.1. The van der Waals surface area contributed by atoms with Crippen LogP contribution >= 0.6 is 0 Å². The van der Waals surface area contributed by atoms with E-state index in [0.717, 1.165) is 22.6 Å². The standard InChI is InChI=1S/C20H22N2O3/c1-12-8-13(2)10-15(9-12)22-20(24)18-11-17(18)19(23)21-14-4-6-16(25-3)7-5-14/h4-10,17-18H,11H2,1-3H3,(H,21,23)(H,22,24). The van der Waals surface area contributed by atoms with E-state index in [2.05, 4.69) is 16.7 Å². The molecule has 1 fully saturated rings. The molecule has 0 bridgehead atoms. The molecule has 25 heavy (non-hydrogen) atoms. The Morgan fingerprint density at radius 3 is 1.92 bits per heavy atom. The van der Waals surface area contributed by atoms with Crippen molar-refractivity contribution in [2.75, 3.05) is 17.7 Å². The minimum absolute atomic E-state index is 0.0973. The van der Waals surface area contributed by atoms with E-state index >= 15 is 0 Å².